The summed E-state index contributed by atoms with van der Waals surface area (Å²) in [6.45, 7) is 27.5. The molecular formula is C52H66N4O3S. The van der Waals surface area contributed by atoms with Crippen molar-refractivity contribution in [1.82, 2.24) is 0 Å². The first-order valence-corrected chi connectivity index (χ1v) is 23.0. The van der Waals surface area contributed by atoms with Gasteiger partial charge >= 0.3 is 0 Å². The van der Waals surface area contributed by atoms with Crippen LogP contribution in [0.25, 0.3) is 11.1 Å². The van der Waals surface area contributed by atoms with Crippen LogP contribution in [0.15, 0.2) is 150 Å². The second-order valence-corrected chi connectivity index (χ2v) is 15.9. The summed E-state index contributed by atoms with van der Waals surface area (Å²) in [6.07, 6.45) is 15.9. The molecule has 0 bridgehead atoms. The van der Waals surface area contributed by atoms with Gasteiger partial charge in [-0.2, -0.15) is 0 Å². The van der Waals surface area contributed by atoms with Gasteiger partial charge in [0.2, 0.25) is 0 Å². The average molecular weight is 827 g/mol. The highest BCUT2D eigenvalue weighted by Crippen LogP contribution is 2.30. The number of aryl methyl sites for hydroxylation is 1. The van der Waals surface area contributed by atoms with Crippen molar-refractivity contribution in [2.75, 3.05) is 67.1 Å². The molecule has 0 atom stereocenters. The van der Waals surface area contributed by atoms with E-state index in [0.29, 0.717) is 0 Å². The maximum absolute atomic E-state index is 10.4. The van der Waals surface area contributed by atoms with Gasteiger partial charge in [-0.3, -0.25) is 0 Å². The summed E-state index contributed by atoms with van der Waals surface area (Å²) >= 11 is 0. The number of benzene rings is 4. The maximum Gasteiger partial charge on any atom is 0.199 e. The van der Waals surface area contributed by atoms with Crippen LogP contribution in [0.3, 0.4) is 0 Å². The van der Waals surface area contributed by atoms with Crippen molar-refractivity contribution in [3.63, 3.8) is 0 Å². The van der Waals surface area contributed by atoms with E-state index in [0.717, 1.165) is 57.9 Å². The minimum absolute atomic E-state index is 0.178. The highest BCUT2D eigenvalue weighted by atomic mass is 32.2. The van der Waals surface area contributed by atoms with Crippen LogP contribution in [0.2, 0.25) is 0 Å². The molecule has 0 heterocycles. The SMILES string of the molecule is CCN(CC)c1ccc(C(=C/C=C/C(=C2C=CC(=[N+](CC)CC)C=C2)c2ccc(N(CC)CC)cc2)c2ccc(N(CC)CC)cc2)cc1.Cc1ccc(S(=O)(=O)[O-])cc1. The smallest absolute Gasteiger partial charge is 0.199 e. The Balaban J connectivity index is 0.000000624. The quantitative estimate of drug-likeness (QED) is 0.0600. The van der Waals surface area contributed by atoms with E-state index < -0.39 is 10.1 Å². The van der Waals surface area contributed by atoms with Crippen molar-refractivity contribution in [3.05, 3.63) is 167 Å². The highest BCUT2D eigenvalue weighted by molar-refractivity contribution is 7.85. The molecule has 5 rings (SSSR count). The van der Waals surface area contributed by atoms with Gasteiger partial charge in [0.05, 0.1) is 4.90 Å². The van der Waals surface area contributed by atoms with Crippen molar-refractivity contribution in [3.8, 4) is 0 Å². The zero-order valence-corrected chi connectivity index (χ0v) is 38.2. The van der Waals surface area contributed by atoms with Crippen molar-refractivity contribution in [1.29, 1.82) is 0 Å². The molecule has 318 valence electrons. The summed E-state index contributed by atoms with van der Waals surface area (Å²) in [5.41, 5.74) is 13.2. The molecule has 0 radical (unpaired) electrons. The Morgan fingerprint density at radius 3 is 1.28 bits per heavy atom. The minimum Gasteiger partial charge on any atom is -0.744 e. The predicted molar refractivity (Wildman–Crippen MR) is 257 cm³/mol. The van der Waals surface area contributed by atoms with E-state index in [-0.39, 0.29) is 4.90 Å². The summed E-state index contributed by atoms with van der Waals surface area (Å²) < 4.78 is 33.6. The van der Waals surface area contributed by atoms with Crippen LogP contribution < -0.4 is 14.7 Å². The molecule has 7 nitrogen and oxygen atoms in total. The molecule has 0 saturated heterocycles. The molecule has 8 heteroatoms. The fourth-order valence-corrected chi connectivity index (χ4v) is 7.90. The Kier molecular flexibility index (Phi) is 18.4. The van der Waals surface area contributed by atoms with E-state index in [1.807, 2.05) is 6.92 Å². The molecule has 0 spiro atoms. The first-order chi connectivity index (χ1) is 28.9. The van der Waals surface area contributed by atoms with Crippen LogP contribution in [0.1, 0.15) is 77.6 Å². The summed E-state index contributed by atoms with van der Waals surface area (Å²) in [6, 6.07) is 33.0. The van der Waals surface area contributed by atoms with Crippen molar-refractivity contribution >= 4 is 44.0 Å². The lowest BCUT2D eigenvalue weighted by molar-refractivity contribution is -0.519. The Bertz CT molecular complexity index is 2170. The topological polar surface area (TPSA) is 69.9 Å². The lowest BCUT2D eigenvalue weighted by Gasteiger charge is -2.22. The lowest BCUT2D eigenvalue weighted by Crippen LogP contribution is -2.21. The summed E-state index contributed by atoms with van der Waals surface area (Å²) in [7, 11) is -4.27. The van der Waals surface area contributed by atoms with Crippen molar-refractivity contribution in [2.24, 2.45) is 0 Å². The second kappa shape index (κ2) is 23.4. The number of nitrogens with zero attached hydrogens (tertiary/aromatic N) is 4. The molecule has 0 saturated carbocycles. The second-order valence-electron chi connectivity index (χ2n) is 14.5. The standard InChI is InChI=1S/C45H59N4.C7H8O3S/c1-9-46(10-2)40-28-20-36(21-29-40)44(37-22-30-41(31-23-37)47(11-3)12-4)18-17-19-45(38-24-32-42(33-25-38)48(13-5)14-6)39-26-34-43(35-27-39)49(15-7)16-8;1-6-2-4-7(5-3-6)11(8,9)10/h17-35H,9-16H2,1-8H3;2-5H,1H3,(H,8,9,10)/q+1;/p-1. The zero-order valence-electron chi connectivity index (χ0n) is 37.4. The predicted octanol–water partition coefficient (Wildman–Crippen LogP) is 11.2. The molecule has 4 aromatic rings. The van der Waals surface area contributed by atoms with Crippen LogP contribution in [-0.4, -0.2) is 75.6 Å². The number of hydrogen-bond acceptors (Lipinski definition) is 6. The Labute approximate surface area is 361 Å². The molecule has 0 fully saturated rings. The molecule has 60 heavy (non-hydrogen) atoms. The summed E-state index contributed by atoms with van der Waals surface area (Å²) in [5, 5.41) is 0. The monoisotopic (exact) mass is 826 g/mol. The van der Waals surface area contributed by atoms with Crippen LogP contribution in [-0.2, 0) is 10.1 Å². The van der Waals surface area contributed by atoms with Crippen LogP contribution >= 0.6 is 0 Å². The van der Waals surface area contributed by atoms with E-state index in [4.69, 9.17) is 0 Å². The van der Waals surface area contributed by atoms with Crippen LogP contribution in [0.5, 0.6) is 0 Å². The van der Waals surface area contributed by atoms with Crippen molar-refractivity contribution < 1.29 is 17.5 Å². The molecular weight excluding hydrogens is 761 g/mol. The number of allylic oxidation sites excluding steroid dienone is 9. The summed E-state index contributed by atoms with van der Waals surface area (Å²) in [5.74, 6) is 0. The summed E-state index contributed by atoms with van der Waals surface area (Å²) in [4.78, 5) is 7.00. The Hall–Kier alpha value is -5.44. The number of anilines is 3. The Morgan fingerprint density at radius 1 is 0.550 bits per heavy atom. The average Bonchev–Trinajstić information content (AvgIpc) is 3.27. The molecule has 1 aliphatic carbocycles. The molecule has 0 aliphatic heterocycles. The van der Waals surface area contributed by atoms with Gasteiger partial charge in [0.25, 0.3) is 0 Å². The van der Waals surface area contributed by atoms with E-state index in [2.05, 4.69) is 190 Å². The van der Waals surface area contributed by atoms with Gasteiger partial charge in [-0.15, -0.1) is 0 Å². The fourth-order valence-electron chi connectivity index (χ4n) is 7.43. The molecule has 4 aromatic carbocycles. The largest absolute Gasteiger partial charge is 0.744 e. The third-order valence-electron chi connectivity index (χ3n) is 11.1. The molecule has 0 unspecified atom stereocenters. The maximum atomic E-state index is 10.4. The molecule has 1 aliphatic rings. The fraction of sp³-hybridized carbons (Fsp3) is 0.327. The van der Waals surface area contributed by atoms with Crippen molar-refractivity contribution in [2.45, 2.75) is 67.2 Å². The normalized spacial score (nSPS) is 12.2. The molecule has 0 amide bonds. The first-order valence-electron chi connectivity index (χ1n) is 21.6. The van der Waals surface area contributed by atoms with Gasteiger partial charge < -0.3 is 19.3 Å². The van der Waals surface area contributed by atoms with E-state index in [1.165, 1.54) is 68.3 Å². The number of rotatable bonds is 17. The first kappa shape index (κ1) is 47.2. The Morgan fingerprint density at radius 2 is 0.933 bits per heavy atom. The molecule has 0 N–H and O–H groups in total. The third kappa shape index (κ3) is 12.8. The third-order valence-corrected chi connectivity index (χ3v) is 11.9. The zero-order chi connectivity index (χ0) is 43.7. The van der Waals surface area contributed by atoms with Gasteiger partial charge in [-0.05, 0) is 156 Å². The van der Waals surface area contributed by atoms with E-state index in [1.54, 1.807) is 12.1 Å². The van der Waals surface area contributed by atoms with Gasteiger partial charge in [-0.1, -0.05) is 72.3 Å². The van der Waals surface area contributed by atoms with Gasteiger partial charge in [0, 0.05) is 68.5 Å². The van der Waals surface area contributed by atoms with Gasteiger partial charge in [-0.25, -0.2) is 13.0 Å². The van der Waals surface area contributed by atoms with Crippen LogP contribution in [0, 0.1) is 6.92 Å². The van der Waals surface area contributed by atoms with Gasteiger partial charge in [0.1, 0.15) is 23.2 Å². The van der Waals surface area contributed by atoms with Gasteiger partial charge in [0.15, 0.2) is 5.71 Å². The lowest BCUT2D eigenvalue weighted by atomic mass is 9.94. The van der Waals surface area contributed by atoms with E-state index in [9.17, 15) is 13.0 Å². The number of hydrogen-bond donors (Lipinski definition) is 0. The minimum atomic E-state index is -4.27. The van der Waals surface area contributed by atoms with Crippen LogP contribution in [0.4, 0.5) is 17.1 Å². The van der Waals surface area contributed by atoms with E-state index >= 15 is 0 Å². The highest BCUT2D eigenvalue weighted by Gasteiger charge is 2.13. The molecule has 0 aromatic heterocycles.